The van der Waals surface area contributed by atoms with Crippen LogP contribution in [0, 0.1) is 6.92 Å². The van der Waals surface area contributed by atoms with Crippen molar-refractivity contribution in [1.82, 2.24) is 9.38 Å². The Balaban J connectivity index is 2.82. The van der Waals surface area contributed by atoms with Gasteiger partial charge in [-0.2, -0.15) is 0 Å². The summed E-state index contributed by atoms with van der Waals surface area (Å²) < 4.78 is 3.24. The molecular weight excluding hydrogens is 228 g/mol. The van der Waals surface area contributed by atoms with Crippen LogP contribution >= 0.6 is 15.9 Å². The molecule has 2 aromatic heterocycles. The summed E-state index contributed by atoms with van der Waals surface area (Å²) in [6, 6.07) is 2.09. The normalized spacial score (nSPS) is 11.0. The van der Waals surface area contributed by atoms with Gasteiger partial charge in [0, 0.05) is 22.6 Å². The highest BCUT2D eigenvalue weighted by molar-refractivity contribution is 9.10. The fraction of sp³-hybridized carbons (Fsp3) is 0.300. The lowest BCUT2D eigenvalue weighted by Gasteiger charge is -2.01. The molecule has 0 aliphatic rings. The molecule has 2 nitrogen and oxygen atoms in total. The van der Waals surface area contributed by atoms with Crippen molar-refractivity contribution in [3.05, 3.63) is 34.2 Å². The van der Waals surface area contributed by atoms with E-state index in [1.54, 1.807) is 0 Å². The van der Waals surface area contributed by atoms with Gasteiger partial charge in [-0.25, -0.2) is 4.98 Å². The Labute approximate surface area is 85.7 Å². The van der Waals surface area contributed by atoms with Crippen molar-refractivity contribution in [2.24, 2.45) is 0 Å². The Morgan fingerprint density at radius 3 is 3.00 bits per heavy atom. The second-order valence-electron chi connectivity index (χ2n) is 3.14. The van der Waals surface area contributed by atoms with Crippen molar-refractivity contribution in [3.8, 4) is 0 Å². The number of imidazole rings is 1. The third-order valence-corrected chi connectivity index (χ3v) is 2.63. The average Bonchev–Trinajstić information content (AvgIpc) is 2.47. The Bertz CT molecular complexity index is 445. The molecule has 0 N–H and O–H groups in total. The highest BCUT2D eigenvalue weighted by Crippen LogP contribution is 2.17. The summed E-state index contributed by atoms with van der Waals surface area (Å²) in [5.41, 5.74) is 3.51. The minimum atomic E-state index is 1.01. The number of nitrogens with zero attached hydrogens (tertiary/aromatic N) is 2. The molecule has 0 aromatic carbocycles. The van der Waals surface area contributed by atoms with Crippen molar-refractivity contribution < 1.29 is 0 Å². The van der Waals surface area contributed by atoms with Gasteiger partial charge in [0.05, 0.1) is 0 Å². The van der Waals surface area contributed by atoms with Crippen LogP contribution in [0.4, 0.5) is 0 Å². The summed E-state index contributed by atoms with van der Waals surface area (Å²) >= 11 is 3.48. The second kappa shape index (κ2) is 3.14. The number of aromatic nitrogens is 2. The molecule has 0 fully saturated rings. The van der Waals surface area contributed by atoms with Crippen LogP contribution in [0.1, 0.15) is 18.2 Å². The van der Waals surface area contributed by atoms with Crippen LogP contribution in [0.5, 0.6) is 0 Å². The average molecular weight is 239 g/mol. The van der Waals surface area contributed by atoms with Crippen LogP contribution in [0.25, 0.3) is 5.65 Å². The van der Waals surface area contributed by atoms with E-state index in [2.05, 4.69) is 51.4 Å². The molecule has 0 spiro atoms. The maximum absolute atomic E-state index is 4.37. The smallest absolute Gasteiger partial charge is 0.139 e. The van der Waals surface area contributed by atoms with Crippen molar-refractivity contribution in [1.29, 1.82) is 0 Å². The van der Waals surface area contributed by atoms with E-state index in [4.69, 9.17) is 0 Å². The summed E-state index contributed by atoms with van der Waals surface area (Å²) in [4.78, 5) is 4.37. The topological polar surface area (TPSA) is 17.3 Å². The molecule has 2 heterocycles. The number of aryl methyl sites for hydroxylation is 2. The monoisotopic (exact) mass is 238 g/mol. The largest absolute Gasteiger partial charge is 0.303 e. The van der Waals surface area contributed by atoms with Gasteiger partial charge in [0.1, 0.15) is 5.65 Å². The lowest BCUT2D eigenvalue weighted by molar-refractivity contribution is 0.988. The molecule has 2 aromatic rings. The molecule has 3 heteroatoms. The molecule has 0 amide bonds. The molecule has 13 heavy (non-hydrogen) atoms. The minimum Gasteiger partial charge on any atom is -0.303 e. The molecule has 0 unspecified atom stereocenters. The van der Waals surface area contributed by atoms with E-state index in [1.807, 2.05) is 6.20 Å². The van der Waals surface area contributed by atoms with Crippen LogP contribution in [-0.4, -0.2) is 9.38 Å². The first kappa shape index (κ1) is 8.75. The zero-order valence-electron chi connectivity index (χ0n) is 7.71. The first-order chi connectivity index (χ1) is 6.22. The van der Waals surface area contributed by atoms with Crippen LogP contribution in [0.15, 0.2) is 22.9 Å². The van der Waals surface area contributed by atoms with Crippen molar-refractivity contribution in [2.75, 3.05) is 0 Å². The van der Waals surface area contributed by atoms with Gasteiger partial charge in [-0.3, -0.25) is 0 Å². The summed E-state index contributed by atoms with van der Waals surface area (Å²) in [6.07, 6.45) is 5.01. The summed E-state index contributed by atoms with van der Waals surface area (Å²) in [5.74, 6) is 0. The second-order valence-corrected chi connectivity index (χ2v) is 4.05. The molecule has 0 saturated carbocycles. The maximum atomic E-state index is 4.37. The summed E-state index contributed by atoms with van der Waals surface area (Å²) in [6.45, 7) is 4.21. The number of rotatable bonds is 1. The third kappa shape index (κ3) is 1.37. The predicted octanol–water partition coefficient (Wildman–Crippen LogP) is 2.97. The van der Waals surface area contributed by atoms with E-state index >= 15 is 0 Å². The lowest BCUT2D eigenvalue weighted by atomic mass is 10.3. The first-order valence-corrected chi connectivity index (χ1v) is 5.13. The van der Waals surface area contributed by atoms with E-state index in [0.29, 0.717) is 0 Å². The third-order valence-electron chi connectivity index (χ3n) is 2.20. The van der Waals surface area contributed by atoms with E-state index in [-0.39, 0.29) is 0 Å². The van der Waals surface area contributed by atoms with Crippen LogP contribution in [0.3, 0.4) is 0 Å². The van der Waals surface area contributed by atoms with E-state index in [9.17, 15) is 0 Å². The number of hydrogen-bond acceptors (Lipinski definition) is 1. The fourth-order valence-electron chi connectivity index (χ4n) is 1.53. The van der Waals surface area contributed by atoms with Gasteiger partial charge in [-0.05, 0) is 40.9 Å². The van der Waals surface area contributed by atoms with Gasteiger partial charge >= 0.3 is 0 Å². The number of halogens is 1. The maximum Gasteiger partial charge on any atom is 0.139 e. The Kier molecular flexibility index (Phi) is 2.12. The molecule has 68 valence electrons. The minimum absolute atomic E-state index is 1.01. The molecule has 0 aliphatic carbocycles. The Morgan fingerprint density at radius 1 is 1.54 bits per heavy atom. The van der Waals surface area contributed by atoms with Crippen molar-refractivity contribution >= 4 is 21.6 Å². The highest BCUT2D eigenvalue weighted by Gasteiger charge is 2.04. The quantitative estimate of drug-likeness (QED) is 0.747. The van der Waals surface area contributed by atoms with Gasteiger partial charge in [-0.1, -0.05) is 6.92 Å². The summed E-state index contributed by atoms with van der Waals surface area (Å²) in [7, 11) is 0. The number of pyridine rings is 1. The summed E-state index contributed by atoms with van der Waals surface area (Å²) in [5, 5.41) is 0. The standard InChI is InChI=1S/C10H11BrN2/c1-3-9-5-12-10-7(2)4-8(11)6-13(9)10/h4-6H,3H2,1-2H3. The molecule has 0 bridgehead atoms. The molecule has 2 rings (SSSR count). The van der Waals surface area contributed by atoms with E-state index < -0.39 is 0 Å². The van der Waals surface area contributed by atoms with Crippen LogP contribution in [0.2, 0.25) is 0 Å². The van der Waals surface area contributed by atoms with Crippen molar-refractivity contribution in [2.45, 2.75) is 20.3 Å². The fourth-order valence-corrected chi connectivity index (χ4v) is 2.07. The lowest BCUT2D eigenvalue weighted by Crippen LogP contribution is -1.92. The zero-order chi connectivity index (χ0) is 9.42. The van der Waals surface area contributed by atoms with Crippen LogP contribution in [-0.2, 0) is 6.42 Å². The zero-order valence-corrected chi connectivity index (χ0v) is 9.30. The van der Waals surface area contributed by atoms with E-state index in [1.165, 1.54) is 11.3 Å². The predicted molar refractivity (Wildman–Crippen MR) is 57.0 cm³/mol. The van der Waals surface area contributed by atoms with Gasteiger partial charge < -0.3 is 4.40 Å². The van der Waals surface area contributed by atoms with E-state index in [0.717, 1.165) is 16.5 Å². The molecular formula is C10H11BrN2. The van der Waals surface area contributed by atoms with Gasteiger partial charge in [0.2, 0.25) is 0 Å². The van der Waals surface area contributed by atoms with Gasteiger partial charge in [0.25, 0.3) is 0 Å². The first-order valence-electron chi connectivity index (χ1n) is 4.34. The van der Waals surface area contributed by atoms with Crippen LogP contribution < -0.4 is 0 Å². The number of fused-ring (bicyclic) bond motifs is 1. The highest BCUT2D eigenvalue weighted by atomic mass is 79.9. The van der Waals surface area contributed by atoms with Gasteiger partial charge in [-0.15, -0.1) is 0 Å². The number of hydrogen-bond donors (Lipinski definition) is 0. The van der Waals surface area contributed by atoms with Gasteiger partial charge in [0.15, 0.2) is 0 Å². The van der Waals surface area contributed by atoms with Crippen molar-refractivity contribution in [3.63, 3.8) is 0 Å². The Hall–Kier alpha value is -0.830. The Morgan fingerprint density at radius 2 is 2.31 bits per heavy atom. The molecule has 0 saturated heterocycles. The molecule has 0 atom stereocenters. The molecule has 0 radical (unpaired) electrons. The molecule has 0 aliphatic heterocycles. The SMILES string of the molecule is CCc1cnc2c(C)cc(Br)cn12.